The number of carbonyl (C=O) groups excluding carboxylic acids is 4. The summed E-state index contributed by atoms with van der Waals surface area (Å²) in [7, 11) is 0. The molecule has 0 radical (unpaired) electrons. The van der Waals surface area contributed by atoms with Crippen molar-refractivity contribution in [2.45, 2.75) is 252 Å². The van der Waals surface area contributed by atoms with Crippen LogP contribution in [-0.4, -0.2) is 85.3 Å². The zero-order valence-electron chi connectivity index (χ0n) is 39.9. The van der Waals surface area contributed by atoms with E-state index < -0.39 is 12.1 Å². The number of hydrogen-bond donors (Lipinski definition) is 3. The molecule has 0 saturated carbocycles. The van der Waals surface area contributed by atoms with Crippen molar-refractivity contribution in [3.63, 3.8) is 0 Å². The van der Waals surface area contributed by atoms with Gasteiger partial charge in [0.25, 0.3) is 0 Å². The van der Waals surface area contributed by atoms with Crippen LogP contribution in [0.5, 0.6) is 0 Å². The molecule has 2 amide bonds. The van der Waals surface area contributed by atoms with Gasteiger partial charge >= 0.3 is 11.9 Å². The first-order valence-electron chi connectivity index (χ1n) is 25.5. The molecule has 0 rings (SSSR count). The number of ether oxygens (including phenoxy) is 2. The lowest BCUT2D eigenvalue weighted by atomic mass is 9.93. The topological polar surface area (TPSA) is 134 Å². The molecule has 3 N–H and O–H groups in total. The van der Waals surface area contributed by atoms with E-state index in [0.717, 1.165) is 103 Å². The van der Waals surface area contributed by atoms with Crippen molar-refractivity contribution in [1.29, 1.82) is 0 Å². The number of unbranched alkanes of at least 4 members (excludes halogenated alkanes) is 24. The molecule has 0 aliphatic heterocycles. The van der Waals surface area contributed by atoms with Gasteiger partial charge in [0, 0.05) is 18.9 Å². The lowest BCUT2D eigenvalue weighted by Gasteiger charge is -2.21. The van der Waals surface area contributed by atoms with Gasteiger partial charge in [-0.15, -0.1) is 0 Å². The second-order valence-corrected chi connectivity index (χ2v) is 17.6. The summed E-state index contributed by atoms with van der Waals surface area (Å²) in [4.78, 5) is 52.8. The zero-order valence-corrected chi connectivity index (χ0v) is 39.9. The number of hydrogen-bond acceptors (Lipinski definition) is 8. The summed E-state index contributed by atoms with van der Waals surface area (Å²) in [5, 5.41) is 15.3. The molecule has 0 aromatic rings. The minimum Gasteiger partial charge on any atom is -0.464 e. The standard InChI is InChI=1S/C50H97N3O7/c1-6-9-12-15-18-19-20-24-30-37-47(55)51-44(4)49(57)59-43-34-27-32-39-53(40-41-54)38-31-25-21-26-33-42-60-50(58)45(5)52-48(56)46(35-28-22-16-13-10-7-2)36-29-23-17-14-11-8-3/h44-46,54H,6-43H2,1-5H3,(H,51,55)(H,52,56). The van der Waals surface area contributed by atoms with Gasteiger partial charge in [0.05, 0.1) is 19.8 Å². The fourth-order valence-corrected chi connectivity index (χ4v) is 7.76. The first-order valence-corrected chi connectivity index (χ1v) is 25.5. The Bertz CT molecular complexity index is 996. The highest BCUT2D eigenvalue weighted by Crippen LogP contribution is 2.20. The van der Waals surface area contributed by atoms with Crippen LogP contribution in [0.15, 0.2) is 0 Å². The van der Waals surface area contributed by atoms with Crippen molar-refractivity contribution >= 4 is 23.8 Å². The van der Waals surface area contributed by atoms with Crippen molar-refractivity contribution in [1.82, 2.24) is 15.5 Å². The predicted octanol–water partition coefficient (Wildman–Crippen LogP) is 11.5. The molecule has 0 heterocycles. The quantitative estimate of drug-likeness (QED) is 0.0407. The van der Waals surface area contributed by atoms with Crippen LogP contribution in [0, 0.1) is 5.92 Å². The van der Waals surface area contributed by atoms with E-state index in [1.54, 1.807) is 13.8 Å². The minimum absolute atomic E-state index is 0.00445. The number of amides is 2. The number of esters is 2. The van der Waals surface area contributed by atoms with Gasteiger partial charge in [0.2, 0.25) is 11.8 Å². The Kier molecular flexibility index (Phi) is 41.9. The lowest BCUT2D eigenvalue weighted by Crippen LogP contribution is -2.42. The largest absolute Gasteiger partial charge is 0.464 e. The van der Waals surface area contributed by atoms with Crippen LogP contribution >= 0.6 is 0 Å². The van der Waals surface area contributed by atoms with Gasteiger partial charge in [0.15, 0.2) is 0 Å². The Morgan fingerprint density at radius 3 is 1.28 bits per heavy atom. The van der Waals surface area contributed by atoms with Gasteiger partial charge in [-0.3, -0.25) is 9.59 Å². The van der Waals surface area contributed by atoms with E-state index in [0.29, 0.717) is 26.2 Å². The molecule has 0 fully saturated rings. The third kappa shape index (κ3) is 36.5. The molecule has 0 aromatic heterocycles. The summed E-state index contributed by atoms with van der Waals surface area (Å²) < 4.78 is 11.0. The fraction of sp³-hybridized carbons (Fsp3) is 0.920. The molecule has 2 atom stereocenters. The molecular weight excluding hydrogens is 755 g/mol. The van der Waals surface area contributed by atoms with E-state index in [1.807, 2.05) is 0 Å². The van der Waals surface area contributed by atoms with Gasteiger partial charge < -0.3 is 30.1 Å². The third-order valence-corrected chi connectivity index (χ3v) is 11.8. The highest BCUT2D eigenvalue weighted by Gasteiger charge is 2.23. The molecular formula is C50H97N3O7. The Hall–Kier alpha value is -2.20. The van der Waals surface area contributed by atoms with E-state index >= 15 is 0 Å². The summed E-state index contributed by atoms with van der Waals surface area (Å²) in [6.45, 7) is 13.4. The normalized spacial score (nSPS) is 12.5. The van der Waals surface area contributed by atoms with Gasteiger partial charge in [-0.05, 0) is 78.3 Å². The van der Waals surface area contributed by atoms with Gasteiger partial charge in [0.1, 0.15) is 12.1 Å². The van der Waals surface area contributed by atoms with E-state index in [2.05, 4.69) is 36.3 Å². The first-order chi connectivity index (χ1) is 29.2. The molecule has 0 saturated heterocycles. The molecule has 2 unspecified atom stereocenters. The summed E-state index contributed by atoms with van der Waals surface area (Å²) in [5.74, 6) is -0.838. The van der Waals surface area contributed by atoms with Crippen LogP contribution in [-0.2, 0) is 28.7 Å². The second-order valence-electron chi connectivity index (χ2n) is 17.6. The maximum Gasteiger partial charge on any atom is 0.328 e. The van der Waals surface area contributed by atoms with Gasteiger partial charge in [-0.25, -0.2) is 9.59 Å². The molecule has 0 aromatic carbocycles. The summed E-state index contributed by atoms with van der Waals surface area (Å²) in [6, 6.07) is -1.27. The second kappa shape index (κ2) is 43.4. The van der Waals surface area contributed by atoms with E-state index in [1.165, 1.54) is 109 Å². The Labute approximate surface area is 369 Å². The highest BCUT2D eigenvalue weighted by molar-refractivity contribution is 5.85. The van der Waals surface area contributed by atoms with E-state index in [4.69, 9.17) is 9.47 Å². The SMILES string of the molecule is CCCCCCCCCCCC(=O)NC(C)C(=O)OCCCCCN(CCO)CCCCCCCOC(=O)C(C)NC(=O)C(CCCCCCCC)CCCCCCCC. The fourth-order valence-electron chi connectivity index (χ4n) is 7.76. The number of carbonyl (C=O) groups is 4. The first kappa shape index (κ1) is 57.8. The summed E-state index contributed by atoms with van der Waals surface area (Å²) in [6.07, 6.45) is 35.2. The minimum atomic E-state index is -0.636. The Balaban J connectivity index is 4.13. The Morgan fingerprint density at radius 2 is 0.833 bits per heavy atom. The lowest BCUT2D eigenvalue weighted by molar-refractivity contribution is -0.148. The molecule has 0 aliphatic carbocycles. The monoisotopic (exact) mass is 852 g/mol. The van der Waals surface area contributed by atoms with Crippen molar-refractivity contribution in [3.05, 3.63) is 0 Å². The van der Waals surface area contributed by atoms with Crippen LogP contribution in [0.4, 0.5) is 0 Å². The number of aliphatic hydroxyl groups excluding tert-OH is 1. The third-order valence-electron chi connectivity index (χ3n) is 11.8. The summed E-state index contributed by atoms with van der Waals surface area (Å²) >= 11 is 0. The van der Waals surface area contributed by atoms with Crippen molar-refractivity contribution in [3.8, 4) is 0 Å². The maximum absolute atomic E-state index is 13.2. The molecule has 0 spiro atoms. The molecule has 354 valence electrons. The van der Waals surface area contributed by atoms with Crippen LogP contribution < -0.4 is 10.6 Å². The van der Waals surface area contributed by atoms with Crippen molar-refractivity contribution in [2.75, 3.05) is 39.5 Å². The maximum atomic E-state index is 13.2. The number of rotatable bonds is 45. The molecule has 10 heteroatoms. The van der Waals surface area contributed by atoms with Crippen LogP contribution in [0.25, 0.3) is 0 Å². The van der Waals surface area contributed by atoms with Crippen LogP contribution in [0.3, 0.4) is 0 Å². The predicted molar refractivity (Wildman–Crippen MR) is 249 cm³/mol. The Morgan fingerprint density at radius 1 is 0.467 bits per heavy atom. The number of nitrogens with one attached hydrogen (secondary N) is 2. The average Bonchev–Trinajstić information content (AvgIpc) is 3.23. The molecule has 0 aliphatic rings. The van der Waals surface area contributed by atoms with E-state index in [9.17, 15) is 24.3 Å². The highest BCUT2D eigenvalue weighted by atomic mass is 16.5. The molecule has 10 nitrogen and oxygen atoms in total. The summed E-state index contributed by atoms with van der Waals surface area (Å²) in [5.41, 5.74) is 0. The van der Waals surface area contributed by atoms with Gasteiger partial charge in [-0.1, -0.05) is 168 Å². The number of aliphatic hydroxyl groups is 1. The molecule has 0 bridgehead atoms. The number of nitrogens with zero attached hydrogens (tertiary/aromatic N) is 1. The van der Waals surface area contributed by atoms with Crippen molar-refractivity contribution in [2.24, 2.45) is 5.92 Å². The van der Waals surface area contributed by atoms with Gasteiger partial charge in [-0.2, -0.15) is 0 Å². The van der Waals surface area contributed by atoms with E-state index in [-0.39, 0.29) is 36.3 Å². The van der Waals surface area contributed by atoms with Crippen LogP contribution in [0.1, 0.15) is 240 Å². The van der Waals surface area contributed by atoms with Crippen molar-refractivity contribution < 1.29 is 33.8 Å². The van der Waals surface area contributed by atoms with Crippen LogP contribution in [0.2, 0.25) is 0 Å². The zero-order chi connectivity index (χ0) is 44.3. The molecule has 60 heavy (non-hydrogen) atoms. The average molecular weight is 852 g/mol. The smallest absolute Gasteiger partial charge is 0.328 e.